The minimum Gasteiger partial charge on any atom is -0.266 e. The fraction of sp³-hybridized carbons (Fsp3) is 0.333. The summed E-state index contributed by atoms with van der Waals surface area (Å²) >= 11 is 12.4. The molecule has 0 aromatic heterocycles. The van der Waals surface area contributed by atoms with Crippen molar-refractivity contribution < 1.29 is 12.6 Å². The molecule has 0 fully saturated rings. The van der Waals surface area contributed by atoms with Gasteiger partial charge in [0.1, 0.15) is 4.90 Å². The molecular weight excluding hydrogens is 331 g/mol. The Morgan fingerprint density at radius 1 is 1.10 bits per heavy atom. The number of fused-ring (bicyclic) bond motifs is 1. The van der Waals surface area contributed by atoms with Crippen LogP contribution in [0, 0.1) is 5.41 Å². The zero-order valence-electron chi connectivity index (χ0n) is 12.0. The van der Waals surface area contributed by atoms with E-state index in [0.29, 0.717) is 15.8 Å². The lowest BCUT2D eigenvalue weighted by Gasteiger charge is -2.18. The summed E-state index contributed by atoms with van der Waals surface area (Å²) in [6.45, 7) is 5.72. The topological polar surface area (TPSA) is 43.4 Å². The lowest BCUT2D eigenvalue weighted by atomic mass is 9.99. The van der Waals surface area contributed by atoms with Crippen molar-refractivity contribution in [2.24, 2.45) is 5.41 Å². The van der Waals surface area contributed by atoms with Crippen LogP contribution < -0.4 is 0 Å². The molecular formula is C15H16Cl2O3S. The largest absolute Gasteiger partial charge is 0.298 e. The maximum absolute atomic E-state index is 12.3. The molecule has 0 unspecified atom stereocenters. The first-order valence-electron chi connectivity index (χ1n) is 6.38. The van der Waals surface area contributed by atoms with Crippen LogP contribution in [0.4, 0.5) is 0 Å². The maximum atomic E-state index is 12.3. The van der Waals surface area contributed by atoms with Crippen molar-refractivity contribution in [3.05, 3.63) is 40.4 Å². The van der Waals surface area contributed by atoms with E-state index in [2.05, 4.69) is 0 Å². The van der Waals surface area contributed by atoms with Crippen LogP contribution in [-0.2, 0) is 14.3 Å². The minimum atomic E-state index is -3.95. The van der Waals surface area contributed by atoms with Crippen molar-refractivity contribution >= 4 is 44.1 Å². The van der Waals surface area contributed by atoms with Crippen molar-refractivity contribution in [3.8, 4) is 0 Å². The van der Waals surface area contributed by atoms with Crippen LogP contribution in [-0.4, -0.2) is 15.0 Å². The molecule has 0 aliphatic carbocycles. The molecule has 0 atom stereocenters. The SMILES string of the molecule is CC(C)(C)COS(=O)(=O)c1cc(Cl)c2ccccc2c1Cl. The molecule has 21 heavy (non-hydrogen) atoms. The van der Waals surface area contributed by atoms with Crippen molar-refractivity contribution in [1.82, 2.24) is 0 Å². The summed E-state index contributed by atoms with van der Waals surface area (Å²) in [6.07, 6.45) is 0. The van der Waals surface area contributed by atoms with E-state index in [0.717, 1.165) is 0 Å². The molecule has 0 saturated heterocycles. The second kappa shape index (κ2) is 5.76. The van der Waals surface area contributed by atoms with Gasteiger partial charge in [0.05, 0.1) is 11.6 Å². The molecule has 0 saturated carbocycles. The Morgan fingerprint density at radius 2 is 1.67 bits per heavy atom. The van der Waals surface area contributed by atoms with E-state index in [1.165, 1.54) is 6.07 Å². The Kier molecular flexibility index (Phi) is 4.54. The Labute approximate surface area is 134 Å². The van der Waals surface area contributed by atoms with Gasteiger partial charge in [-0.15, -0.1) is 0 Å². The molecule has 0 radical (unpaired) electrons. The summed E-state index contributed by atoms with van der Waals surface area (Å²) in [5.41, 5.74) is -0.278. The Balaban J connectivity index is 2.54. The molecule has 0 bridgehead atoms. The fourth-order valence-electron chi connectivity index (χ4n) is 1.77. The molecule has 0 aliphatic rings. The van der Waals surface area contributed by atoms with E-state index >= 15 is 0 Å². The van der Waals surface area contributed by atoms with E-state index in [-0.39, 0.29) is 21.9 Å². The van der Waals surface area contributed by atoms with Crippen LogP contribution in [0.3, 0.4) is 0 Å². The average Bonchev–Trinajstić information content (AvgIpc) is 2.40. The van der Waals surface area contributed by atoms with Crippen LogP contribution in [0.5, 0.6) is 0 Å². The average molecular weight is 347 g/mol. The summed E-state index contributed by atoms with van der Waals surface area (Å²) < 4.78 is 29.8. The lowest BCUT2D eigenvalue weighted by molar-refractivity contribution is 0.203. The summed E-state index contributed by atoms with van der Waals surface area (Å²) in [5, 5.41) is 1.75. The highest BCUT2D eigenvalue weighted by atomic mass is 35.5. The van der Waals surface area contributed by atoms with Gasteiger partial charge in [-0.2, -0.15) is 8.42 Å². The molecule has 2 aromatic rings. The van der Waals surface area contributed by atoms with Gasteiger partial charge in [0.2, 0.25) is 0 Å². The number of rotatable bonds is 3. The third-order valence-corrected chi connectivity index (χ3v) is 4.93. The Morgan fingerprint density at radius 3 is 2.24 bits per heavy atom. The number of benzene rings is 2. The third kappa shape index (κ3) is 3.69. The highest BCUT2D eigenvalue weighted by Gasteiger charge is 2.24. The van der Waals surface area contributed by atoms with Gasteiger partial charge in [-0.05, 0) is 11.5 Å². The molecule has 2 aromatic carbocycles. The van der Waals surface area contributed by atoms with Gasteiger partial charge in [0.15, 0.2) is 0 Å². The molecule has 0 amide bonds. The van der Waals surface area contributed by atoms with Crippen molar-refractivity contribution in [3.63, 3.8) is 0 Å². The minimum absolute atomic E-state index is 0.0656. The highest BCUT2D eigenvalue weighted by molar-refractivity contribution is 7.87. The summed E-state index contributed by atoms with van der Waals surface area (Å²) in [4.78, 5) is -0.0999. The standard InChI is InChI=1S/C15H16Cl2O3S/c1-15(2,3)9-20-21(18,19)13-8-12(16)10-6-4-5-7-11(10)14(13)17/h4-8H,9H2,1-3H3. The molecule has 114 valence electrons. The van der Waals surface area contributed by atoms with Crippen LogP contribution in [0.25, 0.3) is 10.8 Å². The van der Waals surface area contributed by atoms with Gasteiger partial charge < -0.3 is 0 Å². The Hall–Kier alpha value is -0.810. The first kappa shape index (κ1) is 16.6. The van der Waals surface area contributed by atoms with Crippen LogP contribution >= 0.6 is 23.2 Å². The Bertz CT molecular complexity index is 777. The van der Waals surface area contributed by atoms with E-state index in [4.69, 9.17) is 27.4 Å². The first-order chi connectivity index (χ1) is 9.62. The summed E-state index contributed by atoms with van der Waals surface area (Å²) in [6, 6.07) is 8.44. The van der Waals surface area contributed by atoms with Gasteiger partial charge in [-0.25, -0.2) is 0 Å². The quantitative estimate of drug-likeness (QED) is 0.742. The first-order valence-corrected chi connectivity index (χ1v) is 8.54. The van der Waals surface area contributed by atoms with Gasteiger partial charge >= 0.3 is 0 Å². The van der Waals surface area contributed by atoms with Crippen LogP contribution in [0.2, 0.25) is 10.0 Å². The zero-order chi connectivity index (χ0) is 15.8. The molecule has 0 heterocycles. The summed E-state index contributed by atoms with van der Waals surface area (Å²) in [7, 11) is -3.95. The second-order valence-corrected chi connectivity index (χ2v) is 8.36. The predicted octanol–water partition coefficient (Wildman–Crippen LogP) is 4.90. The molecule has 2 rings (SSSR count). The number of hydrogen-bond acceptors (Lipinski definition) is 3. The van der Waals surface area contributed by atoms with E-state index in [1.54, 1.807) is 18.2 Å². The third-order valence-electron chi connectivity index (χ3n) is 2.81. The van der Waals surface area contributed by atoms with Crippen molar-refractivity contribution in [1.29, 1.82) is 0 Å². The van der Waals surface area contributed by atoms with Crippen molar-refractivity contribution in [2.75, 3.05) is 6.61 Å². The number of halogens is 2. The molecule has 0 aliphatic heterocycles. The van der Waals surface area contributed by atoms with Crippen molar-refractivity contribution in [2.45, 2.75) is 25.7 Å². The van der Waals surface area contributed by atoms with Gasteiger partial charge in [-0.1, -0.05) is 68.2 Å². The fourth-order valence-corrected chi connectivity index (χ4v) is 3.84. The van der Waals surface area contributed by atoms with E-state index in [1.807, 2.05) is 26.8 Å². The van der Waals surface area contributed by atoms with E-state index < -0.39 is 10.1 Å². The van der Waals surface area contributed by atoms with Gasteiger partial charge in [-0.3, -0.25) is 4.18 Å². The van der Waals surface area contributed by atoms with Crippen LogP contribution in [0.15, 0.2) is 35.2 Å². The second-order valence-electron chi connectivity index (χ2n) is 5.99. The molecule has 3 nitrogen and oxygen atoms in total. The van der Waals surface area contributed by atoms with Gasteiger partial charge in [0, 0.05) is 15.8 Å². The smallest absolute Gasteiger partial charge is 0.266 e. The molecule has 0 N–H and O–H groups in total. The summed E-state index contributed by atoms with van der Waals surface area (Å²) in [5.74, 6) is 0. The zero-order valence-corrected chi connectivity index (χ0v) is 14.3. The highest BCUT2D eigenvalue weighted by Crippen LogP contribution is 2.36. The predicted molar refractivity (Wildman–Crippen MR) is 86.6 cm³/mol. The monoisotopic (exact) mass is 346 g/mol. The molecule has 0 spiro atoms. The maximum Gasteiger partial charge on any atom is 0.298 e. The van der Waals surface area contributed by atoms with Crippen LogP contribution in [0.1, 0.15) is 20.8 Å². The number of hydrogen-bond donors (Lipinski definition) is 0. The molecule has 6 heteroatoms. The van der Waals surface area contributed by atoms with E-state index in [9.17, 15) is 8.42 Å². The normalized spacial score (nSPS) is 12.8. The lowest BCUT2D eigenvalue weighted by Crippen LogP contribution is -2.19. The van der Waals surface area contributed by atoms with Gasteiger partial charge in [0.25, 0.3) is 10.1 Å².